The van der Waals surface area contributed by atoms with Crippen molar-refractivity contribution in [3.8, 4) is 0 Å². The first kappa shape index (κ1) is 14.8. The summed E-state index contributed by atoms with van der Waals surface area (Å²) in [5.41, 5.74) is 2.40. The summed E-state index contributed by atoms with van der Waals surface area (Å²) in [7, 11) is 0. The highest BCUT2D eigenvalue weighted by Gasteiger charge is 2.13. The Balaban J connectivity index is 1.97. The van der Waals surface area contributed by atoms with Gasteiger partial charge in [0.1, 0.15) is 11.6 Å². The number of imidazole rings is 1. The van der Waals surface area contributed by atoms with Crippen molar-refractivity contribution in [2.24, 2.45) is 0 Å². The van der Waals surface area contributed by atoms with Crippen LogP contribution in [0.4, 0.5) is 4.39 Å². The van der Waals surface area contributed by atoms with Crippen molar-refractivity contribution in [1.29, 1.82) is 0 Å². The van der Waals surface area contributed by atoms with Gasteiger partial charge in [0, 0.05) is 24.4 Å². The van der Waals surface area contributed by atoms with E-state index in [4.69, 9.17) is 23.2 Å². The van der Waals surface area contributed by atoms with Crippen LogP contribution in [-0.2, 0) is 18.8 Å². The zero-order valence-corrected chi connectivity index (χ0v) is 13.6. The number of fused-ring (bicyclic) bond motifs is 1. The second kappa shape index (κ2) is 5.91. The minimum absolute atomic E-state index is 0.0919. The second-order valence-corrected chi connectivity index (χ2v) is 6.41. The van der Waals surface area contributed by atoms with Gasteiger partial charge >= 0.3 is 0 Å². The molecule has 110 valence electrons. The number of benzene rings is 1. The van der Waals surface area contributed by atoms with Crippen LogP contribution < -0.4 is 0 Å². The fourth-order valence-corrected chi connectivity index (χ4v) is 3.28. The van der Waals surface area contributed by atoms with E-state index in [0.29, 0.717) is 17.9 Å². The van der Waals surface area contributed by atoms with Crippen LogP contribution in [-0.4, -0.2) is 14.5 Å². The Bertz CT molecular complexity index is 797. The van der Waals surface area contributed by atoms with Crippen LogP contribution in [0.1, 0.15) is 16.5 Å². The van der Waals surface area contributed by atoms with Crippen molar-refractivity contribution < 1.29 is 4.39 Å². The number of thiazole rings is 1. The molecule has 0 aliphatic heterocycles. The molecule has 0 radical (unpaired) electrons. The molecule has 0 bridgehead atoms. The van der Waals surface area contributed by atoms with Crippen molar-refractivity contribution in [2.45, 2.75) is 25.8 Å². The van der Waals surface area contributed by atoms with Crippen LogP contribution in [0, 0.1) is 12.7 Å². The second-order valence-electron chi connectivity index (χ2n) is 4.68. The highest BCUT2D eigenvalue weighted by molar-refractivity contribution is 7.09. The number of halogens is 3. The van der Waals surface area contributed by atoms with Crippen molar-refractivity contribution in [3.63, 3.8) is 0 Å². The van der Waals surface area contributed by atoms with Gasteiger partial charge < -0.3 is 4.57 Å². The monoisotopic (exact) mass is 343 g/mol. The van der Waals surface area contributed by atoms with Crippen LogP contribution in [0.5, 0.6) is 0 Å². The third kappa shape index (κ3) is 2.91. The van der Waals surface area contributed by atoms with Crippen LogP contribution >= 0.6 is 34.5 Å². The molecule has 2 heterocycles. The van der Waals surface area contributed by atoms with E-state index in [1.54, 1.807) is 17.4 Å². The molecule has 2 aromatic heterocycles. The first-order valence-electron chi connectivity index (χ1n) is 6.39. The normalized spacial score (nSPS) is 11.4. The third-order valence-corrected chi connectivity index (χ3v) is 4.60. The summed E-state index contributed by atoms with van der Waals surface area (Å²) in [6.45, 7) is 2.66. The lowest BCUT2D eigenvalue weighted by Gasteiger charge is -2.06. The maximum absolute atomic E-state index is 13.5. The summed E-state index contributed by atoms with van der Waals surface area (Å²) >= 11 is 13.4. The fourth-order valence-electron chi connectivity index (χ4n) is 2.27. The molecule has 7 heteroatoms. The molecule has 0 amide bonds. The fraction of sp³-hybridized carbons (Fsp3) is 0.286. The quantitative estimate of drug-likeness (QED) is 0.649. The maximum atomic E-state index is 13.5. The molecule has 3 rings (SSSR count). The van der Waals surface area contributed by atoms with E-state index >= 15 is 0 Å². The lowest BCUT2D eigenvalue weighted by Crippen LogP contribution is -2.05. The molecule has 0 N–H and O–H groups in total. The third-order valence-electron chi connectivity index (χ3n) is 3.25. The summed E-state index contributed by atoms with van der Waals surface area (Å²) in [6.07, 6.45) is 0.773. The lowest BCUT2D eigenvalue weighted by molar-refractivity contribution is 0.629. The Kier molecular flexibility index (Phi) is 4.15. The molecule has 3 nitrogen and oxygen atoms in total. The summed E-state index contributed by atoms with van der Waals surface area (Å²) in [4.78, 5) is 8.81. The van der Waals surface area contributed by atoms with Gasteiger partial charge in [-0.15, -0.1) is 22.9 Å². The predicted molar refractivity (Wildman–Crippen MR) is 84.8 cm³/mol. The zero-order chi connectivity index (χ0) is 15.0. The highest BCUT2D eigenvalue weighted by atomic mass is 35.5. The average Bonchev–Trinajstić information content (AvgIpc) is 3.01. The minimum atomic E-state index is -0.468. The van der Waals surface area contributed by atoms with Gasteiger partial charge in [0.15, 0.2) is 0 Å². The Morgan fingerprint density at radius 3 is 2.81 bits per heavy atom. The molecular weight excluding hydrogens is 332 g/mol. The molecular formula is C14H12Cl2FN3S. The first-order chi connectivity index (χ1) is 10.1. The molecule has 0 fully saturated rings. The SMILES string of the molecule is Cc1nc(CCn2c(CCl)nc3cc(F)c(Cl)cc32)cs1. The van der Waals surface area contributed by atoms with Crippen LogP contribution in [0.15, 0.2) is 17.5 Å². The van der Waals surface area contributed by atoms with Gasteiger partial charge in [-0.25, -0.2) is 14.4 Å². The molecule has 0 saturated carbocycles. The van der Waals surface area contributed by atoms with E-state index < -0.39 is 5.82 Å². The van der Waals surface area contributed by atoms with Gasteiger partial charge in [-0.05, 0) is 13.0 Å². The summed E-state index contributed by atoms with van der Waals surface area (Å²) in [6, 6.07) is 2.94. The average molecular weight is 344 g/mol. The first-order valence-corrected chi connectivity index (χ1v) is 8.19. The van der Waals surface area contributed by atoms with Gasteiger partial charge in [0.2, 0.25) is 0 Å². The summed E-state index contributed by atoms with van der Waals surface area (Å²) < 4.78 is 15.5. The van der Waals surface area contributed by atoms with E-state index in [2.05, 4.69) is 9.97 Å². The van der Waals surface area contributed by atoms with Crippen LogP contribution in [0.2, 0.25) is 5.02 Å². The number of nitrogens with zero attached hydrogens (tertiary/aromatic N) is 3. The van der Waals surface area contributed by atoms with Crippen LogP contribution in [0.3, 0.4) is 0 Å². The lowest BCUT2D eigenvalue weighted by atomic mass is 10.3. The molecule has 0 aliphatic carbocycles. The molecule has 0 unspecified atom stereocenters. The number of rotatable bonds is 4. The largest absolute Gasteiger partial charge is 0.327 e. The Morgan fingerprint density at radius 1 is 1.33 bits per heavy atom. The van der Waals surface area contributed by atoms with E-state index in [-0.39, 0.29) is 10.9 Å². The topological polar surface area (TPSA) is 30.7 Å². The van der Waals surface area contributed by atoms with Crippen molar-refractivity contribution in [1.82, 2.24) is 14.5 Å². The Morgan fingerprint density at radius 2 is 2.14 bits per heavy atom. The van der Waals surface area contributed by atoms with E-state index in [1.165, 1.54) is 6.07 Å². The molecule has 0 atom stereocenters. The molecule has 0 spiro atoms. The number of aromatic nitrogens is 3. The van der Waals surface area contributed by atoms with Crippen molar-refractivity contribution in [2.75, 3.05) is 0 Å². The van der Waals surface area contributed by atoms with Crippen LogP contribution in [0.25, 0.3) is 11.0 Å². The molecule has 3 aromatic rings. The van der Waals surface area contributed by atoms with Gasteiger partial charge in [0.05, 0.1) is 32.6 Å². The molecule has 0 saturated heterocycles. The number of hydrogen-bond acceptors (Lipinski definition) is 3. The minimum Gasteiger partial charge on any atom is -0.327 e. The van der Waals surface area contributed by atoms with Gasteiger partial charge in [0.25, 0.3) is 0 Å². The molecule has 0 aliphatic rings. The number of hydrogen-bond donors (Lipinski definition) is 0. The van der Waals surface area contributed by atoms with E-state index in [0.717, 1.165) is 22.6 Å². The summed E-state index contributed by atoms with van der Waals surface area (Å²) in [5.74, 6) is 0.509. The Hall–Kier alpha value is -1.17. The van der Waals surface area contributed by atoms with E-state index in [9.17, 15) is 4.39 Å². The van der Waals surface area contributed by atoms with Gasteiger partial charge in [-0.1, -0.05) is 11.6 Å². The summed E-state index contributed by atoms with van der Waals surface area (Å²) in [5, 5.41) is 3.18. The highest BCUT2D eigenvalue weighted by Crippen LogP contribution is 2.25. The van der Waals surface area contributed by atoms with Gasteiger partial charge in [-0.2, -0.15) is 0 Å². The number of alkyl halides is 1. The smallest absolute Gasteiger partial charge is 0.144 e. The molecule has 1 aromatic carbocycles. The molecule has 21 heavy (non-hydrogen) atoms. The Labute approximate surface area is 135 Å². The van der Waals surface area contributed by atoms with Crippen molar-refractivity contribution >= 4 is 45.6 Å². The standard InChI is InChI=1S/C14H12Cl2FN3S/c1-8-18-9(7-21-8)2-3-20-13-4-10(16)11(17)5-12(13)19-14(20)6-15/h4-5,7H,2-3,6H2,1H3. The van der Waals surface area contributed by atoms with Crippen molar-refractivity contribution in [3.05, 3.63) is 44.9 Å². The van der Waals surface area contributed by atoms with Gasteiger partial charge in [-0.3, -0.25) is 0 Å². The predicted octanol–water partition coefficient (Wildman–Crippen LogP) is 4.58. The zero-order valence-electron chi connectivity index (χ0n) is 11.2. The van der Waals surface area contributed by atoms with E-state index in [1.807, 2.05) is 16.9 Å². The number of aryl methyl sites for hydroxylation is 3. The maximum Gasteiger partial charge on any atom is 0.144 e.